The van der Waals surface area contributed by atoms with Gasteiger partial charge in [-0.15, -0.1) is 5.10 Å². The number of anilines is 1. The molecule has 0 aliphatic carbocycles. The molecule has 0 radical (unpaired) electrons. The average Bonchev–Trinajstić information content (AvgIpc) is 3.39. The summed E-state index contributed by atoms with van der Waals surface area (Å²) in [5.74, 6) is 0.307. The number of carbonyl (C=O) groups is 1. The van der Waals surface area contributed by atoms with Gasteiger partial charge in [-0.3, -0.25) is 10.1 Å². The van der Waals surface area contributed by atoms with E-state index in [1.54, 1.807) is 47.3 Å². The largest absolute Gasteiger partial charge is 0.470 e. The minimum atomic E-state index is -0.446. The van der Waals surface area contributed by atoms with Gasteiger partial charge in [-0.1, -0.05) is 40.9 Å². The van der Waals surface area contributed by atoms with Crippen LogP contribution < -0.4 is 10.1 Å². The van der Waals surface area contributed by atoms with E-state index in [0.717, 1.165) is 10.0 Å². The number of hydrogen-bond acceptors (Lipinski definition) is 5. The highest BCUT2D eigenvalue weighted by molar-refractivity contribution is 9.10. The fraction of sp³-hybridized carbons (Fsp3) is 0.100. The van der Waals surface area contributed by atoms with Crippen LogP contribution in [0.25, 0.3) is 0 Å². The average molecular weight is 557 g/mol. The summed E-state index contributed by atoms with van der Waals surface area (Å²) in [6.45, 7) is 0.493. The Kier molecular flexibility index (Phi) is 7.00. The van der Waals surface area contributed by atoms with Crippen molar-refractivity contribution >= 4 is 62.6 Å². The number of nitrogens with zero attached hydrogens (tertiary/aromatic N) is 5. The molecule has 0 aliphatic heterocycles. The first kappa shape index (κ1) is 22.6. The maximum Gasteiger partial charge on any atom is 0.278 e. The molecule has 0 aliphatic rings. The van der Waals surface area contributed by atoms with Gasteiger partial charge in [0.25, 0.3) is 5.91 Å². The van der Waals surface area contributed by atoms with Crippen LogP contribution in [0.5, 0.6) is 5.75 Å². The van der Waals surface area contributed by atoms with Crippen LogP contribution in [-0.2, 0) is 13.3 Å². The van der Waals surface area contributed by atoms with Crippen molar-refractivity contribution in [2.24, 2.45) is 0 Å². The molecule has 0 bridgehead atoms. The van der Waals surface area contributed by atoms with Crippen molar-refractivity contribution < 1.29 is 9.53 Å². The summed E-state index contributed by atoms with van der Waals surface area (Å²) in [6.07, 6.45) is 3.13. The molecule has 0 spiro atoms. The molecule has 1 amide bonds. The lowest BCUT2D eigenvalue weighted by molar-refractivity contribution is 0.101. The van der Waals surface area contributed by atoms with E-state index in [4.69, 9.17) is 39.5 Å². The number of nitrogens with one attached hydrogen (secondary N) is 1. The first-order valence-electron chi connectivity index (χ1n) is 9.13. The molecule has 0 unspecified atom stereocenters. The van der Waals surface area contributed by atoms with Crippen molar-refractivity contribution in [3.05, 3.63) is 85.8 Å². The molecule has 32 heavy (non-hydrogen) atoms. The van der Waals surface area contributed by atoms with E-state index in [9.17, 15) is 4.79 Å². The Hall–Kier alpha value is -2.59. The Bertz CT molecular complexity index is 1280. The molecular formula is C20H14BrCl3N6O2. The SMILES string of the molecule is O=C(Nc1ncn(Cc2ccc(Cl)cc2Cl)n1)c1ccn(COc2ccc(Cl)cc2Br)n1. The number of carbonyl (C=O) groups excluding carboxylic acids is 1. The van der Waals surface area contributed by atoms with E-state index in [2.05, 4.69) is 36.4 Å². The Morgan fingerprint density at radius 2 is 1.81 bits per heavy atom. The fourth-order valence-electron chi connectivity index (χ4n) is 2.70. The topological polar surface area (TPSA) is 86.9 Å². The summed E-state index contributed by atoms with van der Waals surface area (Å²) < 4.78 is 9.45. The van der Waals surface area contributed by atoms with Crippen LogP contribution in [0, 0.1) is 0 Å². The normalized spacial score (nSPS) is 10.9. The van der Waals surface area contributed by atoms with E-state index >= 15 is 0 Å². The van der Waals surface area contributed by atoms with Crippen LogP contribution in [0.2, 0.25) is 15.1 Å². The second-order valence-electron chi connectivity index (χ2n) is 6.54. The van der Waals surface area contributed by atoms with Crippen LogP contribution in [0.1, 0.15) is 16.1 Å². The number of benzene rings is 2. The molecule has 0 fully saturated rings. The van der Waals surface area contributed by atoms with Crippen molar-refractivity contribution in [3.8, 4) is 5.75 Å². The Labute approximate surface area is 206 Å². The van der Waals surface area contributed by atoms with Gasteiger partial charge in [-0.25, -0.2) is 14.3 Å². The standard InChI is InChI=1S/C20H14BrCl3N6O2/c21-15-7-13(22)3-4-18(15)32-11-29-6-5-17(27-29)19(31)26-20-25-10-30(28-20)9-12-1-2-14(23)8-16(12)24/h1-8,10H,9,11H2,(H,26,28,31). The summed E-state index contributed by atoms with van der Waals surface area (Å²) in [4.78, 5) is 16.6. The van der Waals surface area contributed by atoms with Crippen LogP contribution >= 0.6 is 50.7 Å². The fourth-order valence-corrected chi connectivity index (χ4v) is 3.97. The lowest BCUT2D eigenvalue weighted by Gasteiger charge is -2.08. The predicted octanol–water partition coefficient (Wildman–Crippen LogP) is 5.53. The van der Waals surface area contributed by atoms with Gasteiger partial charge in [-0.2, -0.15) is 5.10 Å². The Balaban J connectivity index is 1.35. The molecule has 2 heterocycles. The van der Waals surface area contributed by atoms with E-state index in [0.29, 0.717) is 27.4 Å². The lowest BCUT2D eigenvalue weighted by atomic mass is 10.2. The molecule has 0 saturated carbocycles. The van der Waals surface area contributed by atoms with Crippen LogP contribution in [0.15, 0.2) is 59.5 Å². The maximum atomic E-state index is 12.5. The molecule has 0 atom stereocenters. The van der Waals surface area contributed by atoms with E-state index in [-0.39, 0.29) is 18.4 Å². The number of amides is 1. The van der Waals surface area contributed by atoms with Crippen molar-refractivity contribution in [2.75, 3.05) is 5.32 Å². The number of rotatable bonds is 7. The van der Waals surface area contributed by atoms with Crippen molar-refractivity contribution in [1.29, 1.82) is 0 Å². The summed E-state index contributed by atoms with van der Waals surface area (Å²) >= 11 is 21.4. The minimum Gasteiger partial charge on any atom is -0.470 e. The number of ether oxygens (including phenoxy) is 1. The molecule has 12 heteroatoms. The molecule has 4 rings (SSSR count). The predicted molar refractivity (Wildman–Crippen MR) is 126 cm³/mol. The second kappa shape index (κ2) is 9.91. The Morgan fingerprint density at radius 1 is 1.03 bits per heavy atom. The van der Waals surface area contributed by atoms with Gasteiger partial charge in [0, 0.05) is 21.3 Å². The molecule has 1 N–H and O–H groups in total. The summed E-state index contributed by atoms with van der Waals surface area (Å²) in [6, 6.07) is 12.0. The summed E-state index contributed by atoms with van der Waals surface area (Å²) in [5, 5.41) is 12.7. The first-order chi connectivity index (χ1) is 15.4. The van der Waals surface area contributed by atoms with Gasteiger partial charge in [0.2, 0.25) is 5.95 Å². The van der Waals surface area contributed by atoms with Crippen LogP contribution in [0.3, 0.4) is 0 Å². The third kappa shape index (κ3) is 5.60. The molecule has 2 aromatic carbocycles. The van der Waals surface area contributed by atoms with Gasteiger partial charge in [0.1, 0.15) is 12.1 Å². The smallest absolute Gasteiger partial charge is 0.278 e. The van der Waals surface area contributed by atoms with E-state index in [1.807, 2.05) is 6.07 Å². The van der Waals surface area contributed by atoms with Crippen LogP contribution in [0.4, 0.5) is 5.95 Å². The zero-order valence-corrected chi connectivity index (χ0v) is 20.0. The molecule has 164 valence electrons. The quantitative estimate of drug-likeness (QED) is 0.323. The van der Waals surface area contributed by atoms with Gasteiger partial charge >= 0.3 is 0 Å². The second-order valence-corrected chi connectivity index (χ2v) is 8.68. The minimum absolute atomic E-state index is 0.113. The lowest BCUT2D eigenvalue weighted by Crippen LogP contribution is -2.15. The van der Waals surface area contributed by atoms with Gasteiger partial charge in [0.15, 0.2) is 12.4 Å². The molecule has 2 aromatic heterocycles. The molecule has 0 saturated heterocycles. The third-order valence-corrected chi connectivity index (χ3v) is 5.67. The van der Waals surface area contributed by atoms with Crippen molar-refractivity contribution in [2.45, 2.75) is 13.3 Å². The van der Waals surface area contributed by atoms with Crippen molar-refractivity contribution in [1.82, 2.24) is 24.5 Å². The monoisotopic (exact) mass is 554 g/mol. The Morgan fingerprint density at radius 3 is 2.59 bits per heavy atom. The summed E-state index contributed by atoms with van der Waals surface area (Å²) in [7, 11) is 0. The maximum absolute atomic E-state index is 12.5. The zero-order chi connectivity index (χ0) is 22.7. The first-order valence-corrected chi connectivity index (χ1v) is 11.1. The number of hydrogen-bond donors (Lipinski definition) is 1. The van der Waals surface area contributed by atoms with E-state index in [1.165, 1.54) is 11.0 Å². The van der Waals surface area contributed by atoms with Gasteiger partial charge < -0.3 is 4.74 Å². The van der Waals surface area contributed by atoms with Gasteiger partial charge in [-0.05, 0) is 57.9 Å². The number of aromatic nitrogens is 5. The molecule has 4 aromatic rings. The number of halogens is 4. The molecular weight excluding hydrogens is 543 g/mol. The highest BCUT2D eigenvalue weighted by atomic mass is 79.9. The zero-order valence-electron chi connectivity index (χ0n) is 16.2. The third-order valence-electron chi connectivity index (χ3n) is 4.23. The van der Waals surface area contributed by atoms with Crippen LogP contribution in [-0.4, -0.2) is 30.5 Å². The van der Waals surface area contributed by atoms with Crippen molar-refractivity contribution in [3.63, 3.8) is 0 Å². The highest BCUT2D eigenvalue weighted by Gasteiger charge is 2.13. The highest BCUT2D eigenvalue weighted by Crippen LogP contribution is 2.28. The molecule has 8 nitrogen and oxygen atoms in total. The van der Waals surface area contributed by atoms with E-state index < -0.39 is 5.91 Å². The summed E-state index contributed by atoms with van der Waals surface area (Å²) in [5.41, 5.74) is 1.02. The van der Waals surface area contributed by atoms with Gasteiger partial charge in [0.05, 0.1) is 11.0 Å².